The molecule has 0 radical (unpaired) electrons. The summed E-state index contributed by atoms with van der Waals surface area (Å²) in [5.41, 5.74) is 0.219. The maximum absolute atomic E-state index is 14.7. The number of hydrogen-bond donors (Lipinski definition) is 1. The fourth-order valence-electron chi connectivity index (χ4n) is 6.20. The van der Waals surface area contributed by atoms with E-state index in [9.17, 15) is 19.2 Å². The van der Waals surface area contributed by atoms with Gasteiger partial charge in [0, 0.05) is 17.8 Å². The van der Waals surface area contributed by atoms with E-state index in [4.69, 9.17) is 13.9 Å². The molecule has 13 heteroatoms. The predicted molar refractivity (Wildman–Crippen MR) is 187 cm³/mol. The Kier molecular flexibility index (Phi) is 17.0. The molecule has 1 aliphatic rings. The molecule has 268 valence electrons. The molecule has 0 spiro atoms. The van der Waals surface area contributed by atoms with Crippen LogP contribution in [0.4, 0.5) is 0 Å². The average molecular weight is 697 g/mol. The number of likely N-dealkylation sites (tertiary alicyclic amines) is 1. The van der Waals surface area contributed by atoms with Crippen LogP contribution in [-0.4, -0.2) is 92.4 Å². The van der Waals surface area contributed by atoms with Crippen LogP contribution in [0.2, 0.25) is 18.1 Å². The smallest absolute Gasteiger partial charge is 0.357 e. The maximum Gasteiger partial charge on any atom is 0.357 e. The second-order valence-corrected chi connectivity index (χ2v) is 18.7. The number of hydrogen-bond acceptors (Lipinski definition) is 10. The first kappa shape index (κ1) is 40.8. The zero-order valence-electron chi connectivity index (χ0n) is 30.4. The van der Waals surface area contributed by atoms with E-state index in [-0.39, 0.29) is 48.5 Å². The van der Waals surface area contributed by atoms with Crippen LogP contribution < -0.4 is 5.32 Å². The summed E-state index contributed by atoms with van der Waals surface area (Å²) in [6.45, 7) is 16.8. The summed E-state index contributed by atoms with van der Waals surface area (Å²) in [5, 5.41) is 5.44. The highest BCUT2D eigenvalue weighted by Crippen LogP contribution is 2.36. The Hall–Kier alpha value is -2.35. The number of nitrogens with zero attached hydrogens (tertiary/aromatic N) is 3. The van der Waals surface area contributed by atoms with Gasteiger partial charge in [0.05, 0.1) is 19.3 Å². The van der Waals surface area contributed by atoms with Crippen molar-refractivity contribution in [1.82, 2.24) is 20.1 Å². The normalized spacial score (nSPS) is 18.2. The van der Waals surface area contributed by atoms with Crippen LogP contribution in [0.25, 0.3) is 0 Å². The molecule has 2 rings (SSSR count). The zero-order chi connectivity index (χ0) is 35.3. The van der Waals surface area contributed by atoms with Gasteiger partial charge in [-0.1, -0.05) is 68.2 Å². The first-order valence-corrected chi connectivity index (χ1v) is 20.9. The topological polar surface area (TPSA) is 127 Å². The van der Waals surface area contributed by atoms with Gasteiger partial charge in [-0.3, -0.25) is 19.3 Å². The van der Waals surface area contributed by atoms with Gasteiger partial charge in [0.25, 0.3) is 0 Å². The summed E-state index contributed by atoms with van der Waals surface area (Å²) >= 11 is 1.34. The Morgan fingerprint density at radius 2 is 1.74 bits per heavy atom. The third-order valence-corrected chi connectivity index (χ3v) is 15.5. The molecule has 5 atom stereocenters. The Morgan fingerprint density at radius 3 is 2.28 bits per heavy atom. The second kappa shape index (κ2) is 19.6. The van der Waals surface area contributed by atoms with Crippen molar-refractivity contribution in [3.63, 3.8) is 0 Å². The Balaban J connectivity index is 2.59. The molecule has 1 unspecified atom stereocenters. The van der Waals surface area contributed by atoms with Crippen LogP contribution in [0.5, 0.6) is 0 Å². The first-order valence-electron chi connectivity index (χ1n) is 17.5. The number of esters is 2. The van der Waals surface area contributed by atoms with Crippen molar-refractivity contribution in [2.75, 3.05) is 27.4 Å². The number of carbonyl (C=O) groups is 4. The van der Waals surface area contributed by atoms with E-state index in [1.807, 2.05) is 34.7 Å². The number of thiazole rings is 1. The molecule has 1 aromatic rings. The number of likely N-dealkylation sites (N-methyl/N-ethyl adjacent to an activating group) is 1. The van der Waals surface area contributed by atoms with Gasteiger partial charge in [0.2, 0.25) is 11.8 Å². The van der Waals surface area contributed by atoms with Crippen LogP contribution in [-0.2, 0) is 28.3 Å². The van der Waals surface area contributed by atoms with E-state index >= 15 is 0 Å². The number of piperidine rings is 1. The van der Waals surface area contributed by atoms with Crippen molar-refractivity contribution in [2.45, 2.75) is 136 Å². The van der Waals surface area contributed by atoms with Crippen molar-refractivity contribution in [2.24, 2.45) is 11.8 Å². The van der Waals surface area contributed by atoms with Crippen LogP contribution in [0.1, 0.15) is 116 Å². The standard InChI is InChI=1S/C34H60N4O7SSi/c1-11-24(8)30(36-31(40)26-18-16-17-19-37(26)9)33(41)38(22-44-29(39)12-2)27(23(6)7)20-28(45-47(13-3,14-4)15-5)32-35-25(21-46-32)34(42)43-10/h21,23-24,26-28,30H,11-20,22H2,1-10H3,(H,36,40)/t24?,26-,27-,28-,30+/m1/s1. The van der Waals surface area contributed by atoms with Gasteiger partial charge in [-0.05, 0) is 62.8 Å². The highest BCUT2D eigenvalue weighted by molar-refractivity contribution is 7.09. The van der Waals surface area contributed by atoms with E-state index in [0.717, 1.165) is 43.9 Å². The number of nitrogens with one attached hydrogen (secondary N) is 1. The van der Waals surface area contributed by atoms with Crippen molar-refractivity contribution in [3.05, 3.63) is 16.1 Å². The monoisotopic (exact) mass is 696 g/mol. The first-order chi connectivity index (χ1) is 22.3. The number of rotatable bonds is 19. The lowest BCUT2D eigenvalue weighted by molar-refractivity contribution is -0.159. The molecule has 0 aromatic carbocycles. The molecule has 11 nitrogen and oxygen atoms in total. The summed E-state index contributed by atoms with van der Waals surface area (Å²) in [6.07, 6.45) is 3.48. The molecular weight excluding hydrogens is 637 g/mol. The summed E-state index contributed by atoms with van der Waals surface area (Å²) in [7, 11) is 1.09. The molecule has 2 amide bonds. The second-order valence-electron chi connectivity index (χ2n) is 13.1. The molecule has 1 fully saturated rings. The quantitative estimate of drug-likeness (QED) is 0.103. The molecule has 2 heterocycles. The van der Waals surface area contributed by atoms with E-state index in [1.54, 1.807) is 17.2 Å². The van der Waals surface area contributed by atoms with E-state index in [0.29, 0.717) is 17.8 Å². The molecule has 1 N–H and O–H groups in total. The molecule has 1 aliphatic heterocycles. The minimum atomic E-state index is -2.19. The van der Waals surface area contributed by atoms with Gasteiger partial charge in [0.1, 0.15) is 11.0 Å². The maximum atomic E-state index is 14.7. The number of aromatic nitrogens is 1. The Bertz CT molecular complexity index is 1150. The molecular formula is C34H60N4O7SSi. The van der Waals surface area contributed by atoms with Gasteiger partial charge in [-0.25, -0.2) is 9.78 Å². The van der Waals surface area contributed by atoms with Crippen molar-refractivity contribution in [3.8, 4) is 0 Å². The van der Waals surface area contributed by atoms with Crippen LogP contribution in [0, 0.1) is 11.8 Å². The third-order valence-electron chi connectivity index (χ3n) is 9.93. The Morgan fingerprint density at radius 1 is 1.09 bits per heavy atom. The highest BCUT2D eigenvalue weighted by Gasteiger charge is 2.41. The van der Waals surface area contributed by atoms with Crippen molar-refractivity contribution in [1.29, 1.82) is 0 Å². The summed E-state index contributed by atoms with van der Waals surface area (Å²) in [6, 6.07) is 1.20. The van der Waals surface area contributed by atoms with Crippen molar-refractivity contribution >= 4 is 43.4 Å². The number of amides is 2. The summed E-state index contributed by atoms with van der Waals surface area (Å²) in [5.74, 6) is -1.59. The largest absolute Gasteiger partial charge is 0.464 e. The highest BCUT2D eigenvalue weighted by atomic mass is 32.1. The average Bonchev–Trinajstić information content (AvgIpc) is 3.58. The fourth-order valence-corrected chi connectivity index (χ4v) is 9.92. The van der Waals surface area contributed by atoms with E-state index in [2.05, 4.69) is 36.0 Å². The zero-order valence-corrected chi connectivity index (χ0v) is 32.2. The van der Waals surface area contributed by atoms with Crippen LogP contribution in [0.3, 0.4) is 0 Å². The summed E-state index contributed by atoms with van der Waals surface area (Å²) < 4.78 is 17.6. The molecule has 1 saturated heterocycles. The lowest BCUT2D eigenvalue weighted by atomic mass is 9.92. The van der Waals surface area contributed by atoms with Gasteiger partial charge >= 0.3 is 11.9 Å². The minimum absolute atomic E-state index is 0.0656. The Labute approximate surface area is 287 Å². The molecule has 47 heavy (non-hydrogen) atoms. The summed E-state index contributed by atoms with van der Waals surface area (Å²) in [4.78, 5) is 61.4. The number of carbonyl (C=O) groups excluding carboxylic acids is 4. The minimum Gasteiger partial charge on any atom is -0.464 e. The van der Waals surface area contributed by atoms with Crippen molar-refractivity contribution < 1.29 is 33.1 Å². The van der Waals surface area contributed by atoms with Crippen LogP contribution >= 0.6 is 11.3 Å². The van der Waals surface area contributed by atoms with Gasteiger partial charge in [0.15, 0.2) is 20.7 Å². The molecule has 0 saturated carbocycles. The van der Waals surface area contributed by atoms with Gasteiger partial charge in [-0.15, -0.1) is 11.3 Å². The van der Waals surface area contributed by atoms with Crippen LogP contribution in [0.15, 0.2) is 5.38 Å². The lowest BCUT2D eigenvalue weighted by Gasteiger charge is -2.41. The SMILES string of the molecule is CCC(=O)OCN(C(=O)[C@@H](NC(=O)[C@H]1CCCCN1C)C(C)CC)[C@H](C[C@@H](O[Si](CC)(CC)CC)c1nc(C(=O)OC)cs1)C(C)C. The molecule has 0 aliphatic carbocycles. The lowest BCUT2D eigenvalue weighted by Crippen LogP contribution is -2.59. The predicted octanol–water partition coefficient (Wildman–Crippen LogP) is 6.16. The van der Waals surface area contributed by atoms with Gasteiger partial charge < -0.3 is 24.1 Å². The third kappa shape index (κ3) is 11.1. The molecule has 1 aromatic heterocycles. The van der Waals surface area contributed by atoms with E-state index < -0.39 is 38.4 Å². The molecule has 0 bridgehead atoms. The number of ether oxygens (including phenoxy) is 2. The number of methoxy groups -OCH3 is 1. The fraction of sp³-hybridized carbons (Fsp3) is 0.794. The van der Waals surface area contributed by atoms with E-state index in [1.165, 1.54) is 18.4 Å². The van der Waals surface area contributed by atoms with Gasteiger partial charge in [-0.2, -0.15) is 0 Å².